The number of alkyl halides is 3. The Morgan fingerprint density at radius 3 is 2.28 bits per heavy atom. The molecule has 0 bridgehead atoms. The molecule has 1 aromatic carbocycles. The van der Waals surface area contributed by atoms with Gasteiger partial charge < -0.3 is 0 Å². The molecule has 0 amide bonds. The fourth-order valence-electron chi connectivity index (χ4n) is 3.21. The van der Waals surface area contributed by atoms with Gasteiger partial charge in [0.1, 0.15) is 0 Å². The second kappa shape index (κ2) is 6.67. The first-order valence-electron chi connectivity index (χ1n) is 8.26. The zero-order valence-corrected chi connectivity index (χ0v) is 14.3. The van der Waals surface area contributed by atoms with E-state index in [1.807, 2.05) is 6.92 Å². The molecule has 0 saturated carbocycles. The molecule has 3 rings (SSSR count). The van der Waals surface area contributed by atoms with Crippen LogP contribution in [-0.2, 0) is 19.8 Å². The first kappa shape index (κ1) is 17.7. The van der Waals surface area contributed by atoms with Gasteiger partial charge in [0.15, 0.2) is 0 Å². The quantitative estimate of drug-likeness (QED) is 0.851. The minimum Gasteiger partial charge on any atom is -0.299 e. The molecular formula is C17H21F3N4O. The van der Waals surface area contributed by atoms with E-state index in [0.717, 1.165) is 31.4 Å². The maximum atomic E-state index is 12.9. The zero-order valence-electron chi connectivity index (χ0n) is 14.3. The van der Waals surface area contributed by atoms with E-state index in [9.17, 15) is 18.0 Å². The van der Waals surface area contributed by atoms with Gasteiger partial charge in [0.25, 0.3) is 0 Å². The van der Waals surface area contributed by atoms with E-state index < -0.39 is 17.7 Å². The van der Waals surface area contributed by atoms with Crippen molar-refractivity contribution in [1.29, 1.82) is 0 Å². The normalized spacial score (nSPS) is 17.2. The number of aromatic nitrogens is 3. The van der Waals surface area contributed by atoms with Gasteiger partial charge in [-0.05, 0) is 25.3 Å². The second-order valence-corrected chi connectivity index (χ2v) is 6.60. The van der Waals surface area contributed by atoms with Crippen molar-refractivity contribution in [2.45, 2.75) is 38.5 Å². The molecule has 2 aromatic rings. The van der Waals surface area contributed by atoms with Crippen molar-refractivity contribution < 1.29 is 13.2 Å². The number of likely N-dealkylation sites (tertiary alicyclic amines) is 1. The lowest BCUT2D eigenvalue weighted by atomic mass is 10.0. The molecule has 5 nitrogen and oxygen atoms in total. The fourth-order valence-corrected chi connectivity index (χ4v) is 3.21. The Bertz CT molecular complexity index is 784. The number of aryl methyl sites for hydroxylation is 1. The van der Waals surface area contributed by atoms with E-state index >= 15 is 0 Å². The number of benzene rings is 1. The number of hydrogen-bond acceptors (Lipinski definition) is 3. The van der Waals surface area contributed by atoms with Crippen LogP contribution in [0, 0.1) is 6.92 Å². The van der Waals surface area contributed by atoms with Gasteiger partial charge >= 0.3 is 11.9 Å². The van der Waals surface area contributed by atoms with Crippen molar-refractivity contribution in [1.82, 2.24) is 19.2 Å². The highest BCUT2D eigenvalue weighted by atomic mass is 19.4. The molecule has 0 aliphatic carbocycles. The highest BCUT2D eigenvalue weighted by Gasteiger charge is 2.39. The highest BCUT2D eigenvalue weighted by molar-refractivity contribution is 5.21. The van der Waals surface area contributed by atoms with E-state index in [1.54, 1.807) is 0 Å². The van der Waals surface area contributed by atoms with Crippen LogP contribution in [0.15, 0.2) is 29.1 Å². The van der Waals surface area contributed by atoms with E-state index in [1.165, 1.54) is 11.1 Å². The summed E-state index contributed by atoms with van der Waals surface area (Å²) in [6, 6.07) is 8.01. The van der Waals surface area contributed by atoms with Crippen LogP contribution in [-0.4, -0.2) is 32.3 Å². The van der Waals surface area contributed by atoms with Crippen molar-refractivity contribution >= 4 is 0 Å². The Morgan fingerprint density at radius 2 is 1.76 bits per heavy atom. The molecule has 25 heavy (non-hydrogen) atoms. The van der Waals surface area contributed by atoms with Crippen molar-refractivity contribution in [3.8, 4) is 0 Å². The van der Waals surface area contributed by atoms with Crippen LogP contribution in [0.4, 0.5) is 13.2 Å². The molecule has 0 spiro atoms. The summed E-state index contributed by atoms with van der Waals surface area (Å²) in [7, 11) is 1.11. The summed E-state index contributed by atoms with van der Waals surface area (Å²) in [5, 5.41) is 3.55. The summed E-state index contributed by atoms with van der Waals surface area (Å²) in [5.74, 6) is -1.14. The Kier molecular flexibility index (Phi) is 4.73. The smallest absolute Gasteiger partial charge is 0.299 e. The predicted molar refractivity (Wildman–Crippen MR) is 87.2 cm³/mol. The number of hydrogen-bond donors (Lipinski definition) is 0. The van der Waals surface area contributed by atoms with Gasteiger partial charge in [0.2, 0.25) is 5.82 Å². The molecule has 0 atom stereocenters. The van der Waals surface area contributed by atoms with Crippen LogP contribution in [0.25, 0.3) is 0 Å². The summed E-state index contributed by atoms with van der Waals surface area (Å²) in [6.07, 6.45) is -3.40. The highest BCUT2D eigenvalue weighted by Crippen LogP contribution is 2.28. The van der Waals surface area contributed by atoms with Gasteiger partial charge in [-0.1, -0.05) is 29.8 Å². The molecule has 1 fully saturated rings. The standard InChI is InChI=1S/C17H21F3N4O/c1-12-3-5-13(6-4-12)11-23-9-7-14(8-10-23)24-16(25)22(2)15(21-24)17(18,19)20/h3-6,14H,7-11H2,1-2H3. The molecule has 1 aromatic heterocycles. The van der Waals surface area contributed by atoms with Crippen LogP contribution in [0.2, 0.25) is 0 Å². The monoisotopic (exact) mass is 354 g/mol. The molecule has 0 N–H and O–H groups in total. The first-order chi connectivity index (χ1) is 11.8. The Balaban J connectivity index is 1.66. The Labute approximate surface area is 143 Å². The topological polar surface area (TPSA) is 43.1 Å². The molecule has 136 valence electrons. The number of piperidine rings is 1. The molecule has 8 heteroatoms. The molecule has 1 aliphatic heterocycles. The summed E-state index contributed by atoms with van der Waals surface area (Å²) >= 11 is 0. The van der Waals surface area contributed by atoms with Gasteiger partial charge in [0, 0.05) is 26.7 Å². The summed E-state index contributed by atoms with van der Waals surface area (Å²) in [4.78, 5) is 14.3. The SMILES string of the molecule is Cc1ccc(CN2CCC(n3nc(C(F)(F)F)n(C)c3=O)CC2)cc1. The first-order valence-corrected chi connectivity index (χ1v) is 8.26. The molecule has 1 aliphatic rings. The summed E-state index contributed by atoms with van der Waals surface area (Å²) < 4.78 is 40.3. The second-order valence-electron chi connectivity index (χ2n) is 6.60. The average Bonchev–Trinajstić information content (AvgIpc) is 2.86. The maximum absolute atomic E-state index is 12.9. The van der Waals surface area contributed by atoms with Crippen LogP contribution >= 0.6 is 0 Å². The van der Waals surface area contributed by atoms with Gasteiger partial charge in [0.05, 0.1) is 6.04 Å². The minimum absolute atomic E-state index is 0.288. The molecule has 1 saturated heterocycles. The zero-order chi connectivity index (χ0) is 18.2. The Morgan fingerprint density at radius 1 is 1.16 bits per heavy atom. The lowest BCUT2D eigenvalue weighted by Crippen LogP contribution is -2.37. The van der Waals surface area contributed by atoms with Gasteiger partial charge in [-0.15, -0.1) is 5.10 Å². The van der Waals surface area contributed by atoms with Crippen LogP contribution in [0.5, 0.6) is 0 Å². The lowest BCUT2D eigenvalue weighted by molar-refractivity contribution is -0.147. The van der Waals surface area contributed by atoms with Crippen LogP contribution in [0.3, 0.4) is 0 Å². The van der Waals surface area contributed by atoms with Gasteiger partial charge in [-0.2, -0.15) is 13.2 Å². The lowest BCUT2D eigenvalue weighted by Gasteiger charge is -2.31. The van der Waals surface area contributed by atoms with E-state index in [2.05, 4.69) is 34.3 Å². The van der Waals surface area contributed by atoms with Crippen molar-refractivity contribution in [2.24, 2.45) is 7.05 Å². The van der Waals surface area contributed by atoms with Gasteiger partial charge in [-0.3, -0.25) is 9.47 Å². The van der Waals surface area contributed by atoms with E-state index in [0.29, 0.717) is 17.4 Å². The molecule has 2 heterocycles. The third kappa shape index (κ3) is 3.78. The van der Waals surface area contributed by atoms with Gasteiger partial charge in [-0.25, -0.2) is 9.48 Å². The average molecular weight is 354 g/mol. The number of halogens is 3. The summed E-state index contributed by atoms with van der Waals surface area (Å²) in [6.45, 7) is 4.29. The van der Waals surface area contributed by atoms with Crippen molar-refractivity contribution in [3.63, 3.8) is 0 Å². The third-order valence-electron chi connectivity index (χ3n) is 4.69. The maximum Gasteiger partial charge on any atom is 0.451 e. The van der Waals surface area contributed by atoms with E-state index in [4.69, 9.17) is 0 Å². The number of rotatable bonds is 3. The summed E-state index contributed by atoms with van der Waals surface area (Å²) in [5.41, 5.74) is 1.71. The Hall–Kier alpha value is -2.09. The molecule has 0 unspecified atom stereocenters. The van der Waals surface area contributed by atoms with Crippen molar-refractivity contribution in [3.05, 3.63) is 51.7 Å². The molecular weight excluding hydrogens is 333 g/mol. The van der Waals surface area contributed by atoms with Crippen LogP contribution in [0.1, 0.15) is 35.8 Å². The number of nitrogens with zero attached hydrogens (tertiary/aromatic N) is 4. The van der Waals surface area contributed by atoms with Crippen molar-refractivity contribution in [2.75, 3.05) is 13.1 Å². The fraction of sp³-hybridized carbons (Fsp3) is 0.529. The molecule has 0 radical (unpaired) electrons. The third-order valence-corrected chi connectivity index (χ3v) is 4.69. The predicted octanol–water partition coefficient (Wildman–Crippen LogP) is 2.75. The largest absolute Gasteiger partial charge is 0.451 e. The van der Waals surface area contributed by atoms with Crippen LogP contribution < -0.4 is 5.69 Å². The minimum atomic E-state index is -4.62. The van der Waals surface area contributed by atoms with E-state index in [-0.39, 0.29) is 6.04 Å².